The molecule has 4 nitrogen and oxygen atoms in total. The van der Waals surface area contributed by atoms with Crippen LogP contribution in [0.5, 0.6) is 5.75 Å². The molecule has 134 valence electrons. The van der Waals surface area contributed by atoms with Crippen LogP contribution in [0.1, 0.15) is 46.5 Å². The summed E-state index contributed by atoms with van der Waals surface area (Å²) in [6, 6.07) is 17.8. The highest BCUT2D eigenvalue weighted by Gasteiger charge is 2.14. The number of amides is 1. The van der Waals surface area contributed by atoms with E-state index in [1.54, 1.807) is 5.38 Å². The minimum Gasteiger partial charge on any atom is -0.486 e. The molecular formula is C21H22N2O2S. The SMILES string of the molecule is CCc1cccc(OCc2nc(C(=O)N[C@@H](C)c3ccccc3)cs2)c1. The smallest absolute Gasteiger partial charge is 0.271 e. The van der Waals surface area contributed by atoms with Gasteiger partial charge >= 0.3 is 0 Å². The highest BCUT2D eigenvalue weighted by molar-refractivity contribution is 7.09. The van der Waals surface area contributed by atoms with Crippen molar-refractivity contribution in [2.45, 2.75) is 32.9 Å². The summed E-state index contributed by atoms with van der Waals surface area (Å²) in [5.74, 6) is 0.653. The number of carbonyl (C=O) groups is 1. The Balaban J connectivity index is 1.57. The van der Waals surface area contributed by atoms with Crippen molar-refractivity contribution >= 4 is 17.2 Å². The Hall–Kier alpha value is -2.66. The van der Waals surface area contributed by atoms with E-state index < -0.39 is 0 Å². The lowest BCUT2D eigenvalue weighted by Gasteiger charge is -2.13. The fourth-order valence-electron chi connectivity index (χ4n) is 2.58. The van der Waals surface area contributed by atoms with Crippen molar-refractivity contribution in [2.75, 3.05) is 0 Å². The Morgan fingerprint density at radius 1 is 1.19 bits per heavy atom. The van der Waals surface area contributed by atoms with Gasteiger partial charge in [-0.05, 0) is 36.6 Å². The number of carbonyl (C=O) groups excluding carboxylic acids is 1. The van der Waals surface area contributed by atoms with Crippen LogP contribution < -0.4 is 10.1 Å². The molecule has 0 saturated heterocycles. The monoisotopic (exact) mass is 366 g/mol. The van der Waals surface area contributed by atoms with Crippen molar-refractivity contribution < 1.29 is 9.53 Å². The second kappa shape index (κ2) is 8.63. The zero-order chi connectivity index (χ0) is 18.4. The molecule has 1 atom stereocenters. The van der Waals surface area contributed by atoms with Crippen LogP contribution in [-0.4, -0.2) is 10.9 Å². The van der Waals surface area contributed by atoms with Crippen LogP contribution in [0.3, 0.4) is 0 Å². The first-order valence-electron chi connectivity index (χ1n) is 8.67. The van der Waals surface area contributed by atoms with Crippen molar-refractivity contribution in [3.63, 3.8) is 0 Å². The number of ether oxygens (including phenoxy) is 1. The first-order valence-corrected chi connectivity index (χ1v) is 9.55. The zero-order valence-corrected chi connectivity index (χ0v) is 15.8. The van der Waals surface area contributed by atoms with Gasteiger partial charge < -0.3 is 10.1 Å². The van der Waals surface area contributed by atoms with Crippen LogP contribution in [0.4, 0.5) is 0 Å². The quantitative estimate of drug-likeness (QED) is 0.655. The third kappa shape index (κ3) is 4.70. The summed E-state index contributed by atoms with van der Waals surface area (Å²) in [7, 11) is 0. The van der Waals surface area contributed by atoms with E-state index in [9.17, 15) is 4.79 Å². The molecule has 0 aliphatic carbocycles. The predicted octanol–water partition coefficient (Wildman–Crippen LogP) is 4.78. The van der Waals surface area contributed by atoms with E-state index in [-0.39, 0.29) is 11.9 Å². The number of thiazole rings is 1. The first-order chi connectivity index (χ1) is 12.7. The summed E-state index contributed by atoms with van der Waals surface area (Å²) < 4.78 is 5.79. The molecule has 0 aliphatic rings. The van der Waals surface area contributed by atoms with Gasteiger partial charge in [-0.15, -0.1) is 11.3 Å². The Morgan fingerprint density at radius 2 is 2.00 bits per heavy atom. The van der Waals surface area contributed by atoms with Gasteiger partial charge in [0.2, 0.25) is 0 Å². The normalized spacial score (nSPS) is 11.8. The van der Waals surface area contributed by atoms with Crippen molar-refractivity contribution in [3.05, 3.63) is 81.8 Å². The van der Waals surface area contributed by atoms with Crippen LogP contribution >= 0.6 is 11.3 Å². The molecule has 0 unspecified atom stereocenters. The van der Waals surface area contributed by atoms with Gasteiger partial charge in [0.1, 0.15) is 23.1 Å². The molecular weight excluding hydrogens is 344 g/mol. The summed E-state index contributed by atoms with van der Waals surface area (Å²) in [6.07, 6.45) is 0.971. The van der Waals surface area contributed by atoms with E-state index in [1.165, 1.54) is 16.9 Å². The standard InChI is InChI=1S/C21H22N2O2S/c1-3-16-8-7-11-18(12-16)25-13-20-23-19(14-26-20)21(24)22-15(2)17-9-5-4-6-10-17/h4-12,14-15H,3,13H2,1-2H3,(H,22,24)/t15-/m0/s1. The van der Waals surface area contributed by atoms with Crippen LogP contribution in [0.2, 0.25) is 0 Å². The Kier molecular flexibility index (Phi) is 6.02. The van der Waals surface area contributed by atoms with Gasteiger partial charge in [0.15, 0.2) is 0 Å². The molecule has 5 heteroatoms. The number of hydrogen-bond acceptors (Lipinski definition) is 4. The third-order valence-corrected chi connectivity index (χ3v) is 4.92. The van der Waals surface area contributed by atoms with Gasteiger partial charge in [-0.25, -0.2) is 4.98 Å². The van der Waals surface area contributed by atoms with Gasteiger partial charge in [-0.3, -0.25) is 4.79 Å². The molecule has 1 amide bonds. The lowest BCUT2D eigenvalue weighted by molar-refractivity contribution is 0.0935. The number of aryl methyl sites for hydroxylation is 1. The summed E-state index contributed by atoms with van der Waals surface area (Å²) in [4.78, 5) is 16.8. The second-order valence-corrected chi connectivity index (χ2v) is 6.96. The van der Waals surface area contributed by atoms with Gasteiger partial charge in [0, 0.05) is 5.38 Å². The lowest BCUT2D eigenvalue weighted by atomic mass is 10.1. The molecule has 0 saturated carbocycles. The molecule has 2 aromatic carbocycles. The van der Waals surface area contributed by atoms with E-state index >= 15 is 0 Å². The Labute approximate surface area is 157 Å². The zero-order valence-electron chi connectivity index (χ0n) is 14.9. The van der Waals surface area contributed by atoms with E-state index in [2.05, 4.69) is 23.3 Å². The van der Waals surface area contributed by atoms with Crippen LogP contribution in [-0.2, 0) is 13.0 Å². The molecule has 26 heavy (non-hydrogen) atoms. The Bertz CT molecular complexity index is 861. The highest BCUT2D eigenvalue weighted by Crippen LogP contribution is 2.18. The maximum atomic E-state index is 12.4. The minimum atomic E-state index is -0.170. The third-order valence-electron chi connectivity index (χ3n) is 4.10. The number of rotatable bonds is 7. The summed E-state index contributed by atoms with van der Waals surface area (Å²) >= 11 is 1.43. The number of benzene rings is 2. The molecule has 3 rings (SSSR count). The molecule has 1 N–H and O–H groups in total. The topological polar surface area (TPSA) is 51.2 Å². The van der Waals surface area contributed by atoms with Gasteiger partial charge in [0.25, 0.3) is 5.91 Å². The maximum Gasteiger partial charge on any atom is 0.271 e. The van der Waals surface area contributed by atoms with Crippen LogP contribution in [0, 0.1) is 0 Å². The molecule has 0 radical (unpaired) electrons. The van der Waals surface area contributed by atoms with Gasteiger partial charge in [-0.2, -0.15) is 0 Å². The van der Waals surface area contributed by atoms with E-state index in [0.717, 1.165) is 22.7 Å². The van der Waals surface area contributed by atoms with Crippen LogP contribution in [0.15, 0.2) is 60.0 Å². The van der Waals surface area contributed by atoms with E-state index in [4.69, 9.17) is 4.74 Å². The fraction of sp³-hybridized carbons (Fsp3) is 0.238. The van der Waals surface area contributed by atoms with E-state index in [0.29, 0.717) is 12.3 Å². The molecule has 3 aromatic rings. The number of aromatic nitrogens is 1. The molecule has 0 aliphatic heterocycles. The summed E-state index contributed by atoms with van der Waals surface area (Å²) in [5.41, 5.74) is 2.73. The molecule has 0 bridgehead atoms. The first kappa shape index (κ1) is 18.1. The fourth-order valence-corrected chi connectivity index (χ4v) is 3.26. The number of hydrogen-bond donors (Lipinski definition) is 1. The van der Waals surface area contributed by atoms with Gasteiger partial charge in [0.05, 0.1) is 6.04 Å². The van der Waals surface area contributed by atoms with Crippen molar-refractivity contribution in [1.29, 1.82) is 0 Å². The lowest BCUT2D eigenvalue weighted by Crippen LogP contribution is -2.26. The molecule has 0 fully saturated rings. The maximum absolute atomic E-state index is 12.4. The molecule has 1 heterocycles. The Morgan fingerprint density at radius 3 is 2.77 bits per heavy atom. The predicted molar refractivity (Wildman–Crippen MR) is 105 cm³/mol. The molecule has 1 aromatic heterocycles. The summed E-state index contributed by atoms with van der Waals surface area (Å²) in [5, 5.41) is 5.53. The average molecular weight is 366 g/mol. The highest BCUT2D eigenvalue weighted by atomic mass is 32.1. The average Bonchev–Trinajstić information content (AvgIpc) is 3.16. The van der Waals surface area contributed by atoms with Crippen LogP contribution in [0.25, 0.3) is 0 Å². The van der Waals surface area contributed by atoms with Crippen molar-refractivity contribution in [1.82, 2.24) is 10.3 Å². The van der Waals surface area contributed by atoms with Crippen molar-refractivity contribution in [2.24, 2.45) is 0 Å². The minimum absolute atomic E-state index is 0.0677. The summed E-state index contributed by atoms with van der Waals surface area (Å²) in [6.45, 7) is 4.44. The largest absolute Gasteiger partial charge is 0.486 e. The number of nitrogens with zero attached hydrogens (tertiary/aromatic N) is 1. The molecule has 0 spiro atoms. The second-order valence-electron chi connectivity index (χ2n) is 6.02. The van der Waals surface area contributed by atoms with Crippen molar-refractivity contribution in [3.8, 4) is 5.75 Å². The number of nitrogens with one attached hydrogen (secondary N) is 1. The van der Waals surface area contributed by atoms with E-state index in [1.807, 2.05) is 55.5 Å². The van der Waals surface area contributed by atoms with Gasteiger partial charge in [-0.1, -0.05) is 49.4 Å².